The van der Waals surface area contributed by atoms with Crippen LogP contribution in [0, 0.1) is 0 Å². The van der Waals surface area contributed by atoms with Crippen molar-refractivity contribution in [1.29, 1.82) is 0 Å². The van der Waals surface area contributed by atoms with Crippen molar-refractivity contribution in [2.75, 3.05) is 0 Å². The lowest BCUT2D eigenvalue weighted by Gasteiger charge is -2.01. The Hall–Kier alpha value is -2.09. The van der Waals surface area contributed by atoms with Crippen LogP contribution in [0.2, 0.25) is 0 Å². The van der Waals surface area contributed by atoms with Crippen LogP contribution in [0.4, 0.5) is 0 Å². The van der Waals surface area contributed by atoms with Gasteiger partial charge in [0, 0.05) is 6.42 Å². The molecule has 0 atom stereocenters. The van der Waals surface area contributed by atoms with Gasteiger partial charge in [-0.1, -0.05) is 54.6 Å². The van der Waals surface area contributed by atoms with Crippen LogP contribution >= 0.6 is 0 Å². The van der Waals surface area contributed by atoms with Crippen LogP contribution in [0.3, 0.4) is 0 Å². The smallest absolute Gasteiger partial charge is 0.303 e. The topological polar surface area (TPSA) is 37.3 Å². The Balaban J connectivity index is 2.21. The second-order valence-corrected chi connectivity index (χ2v) is 3.90. The summed E-state index contributed by atoms with van der Waals surface area (Å²) in [5.74, 6) is -0.757. The Labute approximate surface area is 100 Å². The van der Waals surface area contributed by atoms with Crippen molar-refractivity contribution in [1.82, 2.24) is 0 Å². The Morgan fingerprint density at radius 2 is 1.88 bits per heavy atom. The molecule has 0 unspecified atom stereocenters. The first-order chi connectivity index (χ1) is 8.27. The van der Waals surface area contributed by atoms with Crippen LogP contribution in [0.5, 0.6) is 0 Å². The highest BCUT2D eigenvalue weighted by Gasteiger charge is 1.96. The summed E-state index contributed by atoms with van der Waals surface area (Å²) >= 11 is 0. The highest BCUT2D eigenvalue weighted by molar-refractivity contribution is 5.90. The van der Waals surface area contributed by atoms with E-state index in [-0.39, 0.29) is 6.42 Å². The quantitative estimate of drug-likeness (QED) is 0.862. The van der Waals surface area contributed by atoms with Crippen LogP contribution in [-0.2, 0) is 4.79 Å². The minimum absolute atomic E-state index is 0.182. The summed E-state index contributed by atoms with van der Waals surface area (Å²) in [6, 6.07) is 14.3. The maximum atomic E-state index is 10.4. The zero-order valence-electron chi connectivity index (χ0n) is 9.47. The summed E-state index contributed by atoms with van der Waals surface area (Å²) in [5.41, 5.74) is 1.13. The van der Waals surface area contributed by atoms with Gasteiger partial charge in [-0.25, -0.2) is 0 Å². The number of aliphatic carboxylic acids is 1. The third-order valence-electron chi connectivity index (χ3n) is 2.65. The van der Waals surface area contributed by atoms with E-state index in [1.807, 2.05) is 36.4 Å². The van der Waals surface area contributed by atoms with E-state index in [4.69, 9.17) is 5.11 Å². The molecule has 2 nitrogen and oxygen atoms in total. The van der Waals surface area contributed by atoms with Gasteiger partial charge in [-0.05, 0) is 22.8 Å². The van der Waals surface area contributed by atoms with Crippen molar-refractivity contribution < 1.29 is 9.90 Å². The molecule has 0 heterocycles. The van der Waals surface area contributed by atoms with Gasteiger partial charge in [-0.3, -0.25) is 4.79 Å². The number of rotatable bonds is 4. The first kappa shape index (κ1) is 11.4. The van der Waals surface area contributed by atoms with Crippen molar-refractivity contribution in [2.45, 2.75) is 12.8 Å². The minimum Gasteiger partial charge on any atom is -0.481 e. The summed E-state index contributed by atoms with van der Waals surface area (Å²) in [6.45, 7) is 0. The van der Waals surface area contributed by atoms with Crippen molar-refractivity contribution in [3.8, 4) is 0 Å². The summed E-state index contributed by atoms with van der Waals surface area (Å²) in [4.78, 5) is 10.4. The van der Waals surface area contributed by atoms with E-state index >= 15 is 0 Å². The first-order valence-corrected chi connectivity index (χ1v) is 5.63. The SMILES string of the molecule is O=C(O)CCC=Cc1cccc2ccccc12. The van der Waals surface area contributed by atoms with E-state index in [2.05, 4.69) is 18.2 Å². The predicted molar refractivity (Wildman–Crippen MR) is 69.9 cm³/mol. The van der Waals surface area contributed by atoms with E-state index in [0.717, 1.165) is 5.56 Å². The highest BCUT2D eigenvalue weighted by Crippen LogP contribution is 2.19. The zero-order valence-corrected chi connectivity index (χ0v) is 9.47. The van der Waals surface area contributed by atoms with E-state index in [1.54, 1.807) is 0 Å². The molecule has 0 aromatic heterocycles. The number of carboxylic acids is 1. The number of hydrogen-bond donors (Lipinski definition) is 1. The molecule has 0 saturated carbocycles. The fourth-order valence-electron chi connectivity index (χ4n) is 1.81. The fourth-order valence-corrected chi connectivity index (χ4v) is 1.81. The molecular weight excluding hydrogens is 212 g/mol. The van der Waals surface area contributed by atoms with Gasteiger partial charge in [0.15, 0.2) is 0 Å². The molecule has 2 aromatic rings. The van der Waals surface area contributed by atoms with Crippen molar-refractivity contribution in [3.05, 3.63) is 54.1 Å². The third kappa shape index (κ3) is 2.94. The normalized spacial score (nSPS) is 11.1. The van der Waals surface area contributed by atoms with E-state index in [9.17, 15) is 4.79 Å². The molecule has 2 rings (SSSR count). The number of fused-ring (bicyclic) bond motifs is 1. The van der Waals surface area contributed by atoms with Gasteiger partial charge in [0.1, 0.15) is 0 Å². The maximum absolute atomic E-state index is 10.4. The van der Waals surface area contributed by atoms with Crippen LogP contribution < -0.4 is 0 Å². The van der Waals surface area contributed by atoms with Crippen LogP contribution in [0.25, 0.3) is 16.8 Å². The number of carbonyl (C=O) groups is 1. The largest absolute Gasteiger partial charge is 0.481 e. The minimum atomic E-state index is -0.757. The Kier molecular flexibility index (Phi) is 3.55. The predicted octanol–water partition coefficient (Wildman–Crippen LogP) is 3.72. The number of allylic oxidation sites excluding steroid dienone is 1. The van der Waals surface area contributed by atoms with Crippen molar-refractivity contribution >= 4 is 22.8 Å². The molecule has 0 saturated heterocycles. The Bertz CT molecular complexity index is 550. The van der Waals surface area contributed by atoms with E-state index in [1.165, 1.54) is 10.8 Å². The summed E-state index contributed by atoms with van der Waals surface area (Å²) in [6.07, 6.45) is 4.65. The van der Waals surface area contributed by atoms with Crippen LogP contribution in [-0.4, -0.2) is 11.1 Å². The summed E-state index contributed by atoms with van der Waals surface area (Å²) in [5, 5.41) is 10.9. The van der Waals surface area contributed by atoms with E-state index < -0.39 is 5.97 Å². The van der Waals surface area contributed by atoms with E-state index in [0.29, 0.717) is 6.42 Å². The zero-order chi connectivity index (χ0) is 12.1. The van der Waals surface area contributed by atoms with Gasteiger partial charge in [0.2, 0.25) is 0 Å². The molecule has 0 aliphatic heterocycles. The third-order valence-corrected chi connectivity index (χ3v) is 2.65. The van der Waals surface area contributed by atoms with Crippen molar-refractivity contribution in [3.63, 3.8) is 0 Å². The monoisotopic (exact) mass is 226 g/mol. The van der Waals surface area contributed by atoms with Gasteiger partial charge >= 0.3 is 5.97 Å². The molecule has 0 amide bonds. The maximum Gasteiger partial charge on any atom is 0.303 e. The molecule has 17 heavy (non-hydrogen) atoms. The van der Waals surface area contributed by atoms with Gasteiger partial charge in [0.05, 0.1) is 0 Å². The second-order valence-electron chi connectivity index (χ2n) is 3.90. The van der Waals surface area contributed by atoms with Crippen molar-refractivity contribution in [2.24, 2.45) is 0 Å². The molecule has 2 aromatic carbocycles. The number of benzene rings is 2. The summed E-state index contributed by atoms with van der Waals surface area (Å²) in [7, 11) is 0. The molecule has 0 fully saturated rings. The number of hydrogen-bond acceptors (Lipinski definition) is 1. The van der Waals surface area contributed by atoms with Gasteiger partial charge in [0.25, 0.3) is 0 Å². The molecule has 2 heteroatoms. The van der Waals surface area contributed by atoms with Gasteiger partial charge in [-0.15, -0.1) is 0 Å². The Morgan fingerprint density at radius 1 is 1.12 bits per heavy atom. The Morgan fingerprint density at radius 3 is 2.71 bits per heavy atom. The highest BCUT2D eigenvalue weighted by atomic mass is 16.4. The standard InChI is InChI=1S/C15H14O2/c16-15(17)11-4-2-7-13-9-5-8-12-6-1-3-10-14(12)13/h1-3,5-10H,4,11H2,(H,16,17). The molecule has 1 N–H and O–H groups in total. The lowest BCUT2D eigenvalue weighted by molar-refractivity contribution is -0.136. The molecular formula is C15H14O2. The van der Waals surface area contributed by atoms with Gasteiger partial charge < -0.3 is 5.11 Å². The van der Waals surface area contributed by atoms with Crippen LogP contribution in [0.1, 0.15) is 18.4 Å². The average molecular weight is 226 g/mol. The summed E-state index contributed by atoms with van der Waals surface area (Å²) < 4.78 is 0. The molecule has 0 spiro atoms. The molecule has 0 bridgehead atoms. The molecule has 86 valence electrons. The fraction of sp³-hybridized carbons (Fsp3) is 0.133. The number of carboxylic acid groups (broad SMARTS) is 1. The second kappa shape index (κ2) is 5.30. The first-order valence-electron chi connectivity index (χ1n) is 5.63. The average Bonchev–Trinajstić information content (AvgIpc) is 2.34. The van der Waals surface area contributed by atoms with Crippen LogP contribution in [0.15, 0.2) is 48.5 Å². The van der Waals surface area contributed by atoms with Gasteiger partial charge in [-0.2, -0.15) is 0 Å². The lowest BCUT2D eigenvalue weighted by atomic mass is 10.0. The lowest BCUT2D eigenvalue weighted by Crippen LogP contribution is -1.91. The molecule has 0 aliphatic rings. The molecule has 0 aliphatic carbocycles. The molecule has 0 radical (unpaired) electrons.